The van der Waals surface area contributed by atoms with Gasteiger partial charge in [-0.05, 0) is 6.07 Å². The van der Waals surface area contributed by atoms with Crippen molar-refractivity contribution in [2.45, 2.75) is 6.54 Å². The van der Waals surface area contributed by atoms with Crippen LogP contribution in [0.1, 0.15) is 16.1 Å². The zero-order valence-electron chi connectivity index (χ0n) is 15.0. The van der Waals surface area contributed by atoms with E-state index in [9.17, 15) is 4.79 Å². The third kappa shape index (κ3) is 3.99. The van der Waals surface area contributed by atoms with Crippen molar-refractivity contribution in [1.29, 1.82) is 0 Å². The van der Waals surface area contributed by atoms with Crippen molar-refractivity contribution in [3.63, 3.8) is 0 Å². The maximum atomic E-state index is 12.5. The van der Waals surface area contributed by atoms with Crippen molar-refractivity contribution in [1.82, 2.24) is 25.1 Å². The van der Waals surface area contributed by atoms with E-state index in [0.29, 0.717) is 25.5 Å². The lowest BCUT2D eigenvalue weighted by Gasteiger charge is -2.29. The van der Waals surface area contributed by atoms with E-state index < -0.39 is 0 Å². The Bertz CT molecular complexity index is 931. The zero-order chi connectivity index (χ0) is 18.6. The van der Waals surface area contributed by atoms with E-state index in [0.717, 1.165) is 35.0 Å². The molecule has 140 valence electrons. The summed E-state index contributed by atoms with van der Waals surface area (Å²) in [6.07, 6.45) is 5.40. The number of anilines is 1. The van der Waals surface area contributed by atoms with Crippen LogP contribution in [0.2, 0.25) is 0 Å². The van der Waals surface area contributed by atoms with Gasteiger partial charge in [0.2, 0.25) is 0 Å². The molecule has 0 aromatic carbocycles. The smallest absolute Gasteiger partial charge is 0.271 e. The summed E-state index contributed by atoms with van der Waals surface area (Å²) in [4.78, 5) is 23.6. The van der Waals surface area contributed by atoms with Crippen molar-refractivity contribution < 1.29 is 9.53 Å². The van der Waals surface area contributed by atoms with E-state index in [4.69, 9.17) is 4.74 Å². The van der Waals surface area contributed by atoms with Crippen LogP contribution in [0, 0.1) is 0 Å². The number of amides is 1. The lowest BCUT2D eigenvalue weighted by Crippen LogP contribution is -2.37. The Balaban J connectivity index is 1.43. The van der Waals surface area contributed by atoms with E-state index in [1.165, 1.54) is 11.3 Å². The van der Waals surface area contributed by atoms with Crippen LogP contribution in [-0.4, -0.2) is 52.0 Å². The number of aryl methyl sites for hydroxylation is 1. The Morgan fingerprint density at radius 3 is 3.00 bits per heavy atom. The Hall–Kier alpha value is -2.78. The molecule has 8 nitrogen and oxygen atoms in total. The lowest BCUT2D eigenvalue weighted by atomic mass is 10.2. The predicted molar refractivity (Wildman–Crippen MR) is 103 cm³/mol. The van der Waals surface area contributed by atoms with E-state index in [2.05, 4.69) is 25.3 Å². The largest absolute Gasteiger partial charge is 0.378 e. The molecule has 1 amide bonds. The Morgan fingerprint density at radius 2 is 2.22 bits per heavy atom. The van der Waals surface area contributed by atoms with Crippen molar-refractivity contribution >= 4 is 23.1 Å². The molecule has 0 radical (unpaired) electrons. The fourth-order valence-electron chi connectivity index (χ4n) is 2.94. The Kier molecular flexibility index (Phi) is 5.12. The van der Waals surface area contributed by atoms with Gasteiger partial charge in [0.1, 0.15) is 16.5 Å². The first-order chi connectivity index (χ1) is 13.2. The summed E-state index contributed by atoms with van der Waals surface area (Å²) in [7, 11) is 1.85. The number of carbonyl (C=O) groups is 1. The first kappa shape index (κ1) is 17.6. The van der Waals surface area contributed by atoms with Crippen molar-refractivity contribution in [2.75, 3.05) is 31.2 Å². The minimum absolute atomic E-state index is 0.196. The van der Waals surface area contributed by atoms with Gasteiger partial charge in [0.15, 0.2) is 0 Å². The molecule has 4 rings (SSSR count). The fraction of sp³-hybridized carbons (Fsp3) is 0.333. The summed E-state index contributed by atoms with van der Waals surface area (Å²) >= 11 is 1.43. The number of ether oxygens (including phenoxy) is 1. The summed E-state index contributed by atoms with van der Waals surface area (Å²) in [5.41, 5.74) is 2.30. The number of carbonyl (C=O) groups excluding carboxylic acids is 1. The molecule has 0 saturated carbocycles. The lowest BCUT2D eigenvalue weighted by molar-refractivity contribution is 0.0946. The van der Waals surface area contributed by atoms with E-state index in [1.807, 2.05) is 25.4 Å². The number of aromatic nitrogens is 4. The third-order valence-corrected chi connectivity index (χ3v) is 5.20. The van der Waals surface area contributed by atoms with Gasteiger partial charge in [-0.15, -0.1) is 11.3 Å². The van der Waals surface area contributed by atoms with Crippen molar-refractivity contribution in [3.8, 4) is 10.6 Å². The second kappa shape index (κ2) is 7.85. The van der Waals surface area contributed by atoms with Gasteiger partial charge in [-0.2, -0.15) is 5.10 Å². The highest BCUT2D eigenvalue weighted by Gasteiger charge is 2.17. The second-order valence-electron chi connectivity index (χ2n) is 6.21. The van der Waals surface area contributed by atoms with Gasteiger partial charge in [0.25, 0.3) is 5.91 Å². The van der Waals surface area contributed by atoms with E-state index in [-0.39, 0.29) is 5.91 Å². The molecule has 1 N–H and O–H groups in total. The molecule has 0 spiro atoms. The minimum Gasteiger partial charge on any atom is -0.378 e. The maximum Gasteiger partial charge on any atom is 0.271 e. The normalized spacial score (nSPS) is 14.3. The molecule has 9 heteroatoms. The molecule has 0 unspecified atom stereocenters. The predicted octanol–water partition coefficient (Wildman–Crippen LogP) is 1.71. The highest BCUT2D eigenvalue weighted by Crippen LogP contribution is 2.23. The summed E-state index contributed by atoms with van der Waals surface area (Å²) < 4.78 is 7.12. The van der Waals surface area contributed by atoms with E-state index >= 15 is 0 Å². The molecule has 0 aliphatic carbocycles. The summed E-state index contributed by atoms with van der Waals surface area (Å²) in [5.74, 6) is 0.702. The number of nitrogens with one attached hydrogen (secondary N) is 1. The summed E-state index contributed by atoms with van der Waals surface area (Å²) in [6, 6.07) is 3.87. The Labute approximate surface area is 160 Å². The van der Waals surface area contributed by atoms with Crippen molar-refractivity contribution in [2.24, 2.45) is 7.05 Å². The molecule has 4 heterocycles. The summed E-state index contributed by atoms with van der Waals surface area (Å²) in [6.45, 7) is 3.40. The minimum atomic E-state index is -0.196. The van der Waals surface area contributed by atoms with Gasteiger partial charge in [0.05, 0.1) is 19.4 Å². The molecule has 1 aliphatic heterocycles. The van der Waals surface area contributed by atoms with Crippen LogP contribution < -0.4 is 10.2 Å². The average molecular weight is 384 g/mol. The Morgan fingerprint density at radius 1 is 1.37 bits per heavy atom. The van der Waals surface area contributed by atoms with Crippen LogP contribution in [0.5, 0.6) is 0 Å². The molecule has 0 atom stereocenters. The van der Waals surface area contributed by atoms with Crippen LogP contribution in [0.3, 0.4) is 0 Å². The van der Waals surface area contributed by atoms with Crippen LogP contribution in [-0.2, 0) is 18.3 Å². The molecular weight excluding hydrogens is 364 g/mol. The van der Waals surface area contributed by atoms with Crippen LogP contribution in [0.4, 0.5) is 5.82 Å². The first-order valence-electron chi connectivity index (χ1n) is 8.70. The van der Waals surface area contributed by atoms with Crippen molar-refractivity contribution in [3.05, 3.63) is 47.4 Å². The standard InChI is InChI=1S/C18H20N6O2S/c1-23-11-14(10-21-23)18-22-15(12-27-18)17(25)20-9-13-3-2-4-19-16(13)24-5-7-26-8-6-24/h2-4,10-12H,5-9H2,1H3,(H,20,25). The first-order valence-corrected chi connectivity index (χ1v) is 9.58. The SMILES string of the molecule is Cn1cc(-c2nc(C(=O)NCc3cccnc3N3CCOCC3)cs2)cn1. The number of thiazole rings is 1. The number of rotatable bonds is 5. The van der Waals surface area contributed by atoms with Gasteiger partial charge in [-0.3, -0.25) is 9.48 Å². The number of hydrogen-bond acceptors (Lipinski definition) is 7. The second-order valence-corrected chi connectivity index (χ2v) is 7.07. The number of nitrogens with zero attached hydrogens (tertiary/aromatic N) is 5. The van der Waals surface area contributed by atoms with Gasteiger partial charge < -0.3 is 15.0 Å². The highest BCUT2D eigenvalue weighted by atomic mass is 32.1. The van der Waals surface area contributed by atoms with E-state index in [1.54, 1.807) is 22.5 Å². The molecule has 3 aromatic heterocycles. The van der Waals surface area contributed by atoms with Crippen LogP contribution in [0.25, 0.3) is 10.6 Å². The molecule has 1 saturated heterocycles. The molecule has 1 fully saturated rings. The number of morpholine rings is 1. The third-order valence-electron chi connectivity index (χ3n) is 4.31. The fourth-order valence-corrected chi connectivity index (χ4v) is 3.71. The van der Waals surface area contributed by atoms with Gasteiger partial charge in [-0.25, -0.2) is 9.97 Å². The van der Waals surface area contributed by atoms with Gasteiger partial charge >= 0.3 is 0 Å². The van der Waals surface area contributed by atoms with Crippen LogP contribution in [0.15, 0.2) is 36.1 Å². The molecule has 27 heavy (non-hydrogen) atoms. The topological polar surface area (TPSA) is 85.2 Å². The maximum absolute atomic E-state index is 12.5. The van der Waals surface area contributed by atoms with Gasteiger partial charge in [-0.1, -0.05) is 6.07 Å². The van der Waals surface area contributed by atoms with Gasteiger partial charge in [0, 0.05) is 55.6 Å². The zero-order valence-corrected chi connectivity index (χ0v) is 15.8. The quantitative estimate of drug-likeness (QED) is 0.721. The molecule has 1 aliphatic rings. The number of hydrogen-bond donors (Lipinski definition) is 1. The number of pyridine rings is 1. The monoisotopic (exact) mass is 384 g/mol. The molecular formula is C18H20N6O2S. The average Bonchev–Trinajstić information content (AvgIpc) is 3.36. The molecule has 3 aromatic rings. The van der Waals surface area contributed by atoms with Crippen LogP contribution >= 0.6 is 11.3 Å². The summed E-state index contributed by atoms with van der Waals surface area (Å²) in [5, 5.41) is 9.64. The molecule has 0 bridgehead atoms. The highest BCUT2D eigenvalue weighted by molar-refractivity contribution is 7.13.